The van der Waals surface area contributed by atoms with Gasteiger partial charge in [0.25, 0.3) is 11.8 Å². The Bertz CT molecular complexity index is 814. The Morgan fingerprint density at radius 1 is 1.35 bits per heavy atom. The first kappa shape index (κ1) is 17.1. The van der Waals surface area contributed by atoms with Crippen molar-refractivity contribution in [3.8, 4) is 5.75 Å². The van der Waals surface area contributed by atoms with Gasteiger partial charge in [-0.15, -0.1) is 11.3 Å². The third-order valence-electron chi connectivity index (χ3n) is 4.83. The van der Waals surface area contributed by atoms with E-state index in [1.807, 2.05) is 41.5 Å². The molecule has 4 rings (SSSR count). The first-order valence-electron chi connectivity index (χ1n) is 9.07. The fourth-order valence-corrected chi connectivity index (χ4v) is 3.83. The molecule has 0 unspecified atom stereocenters. The molecule has 1 N–H and O–H groups in total. The Hall–Kier alpha value is -2.34. The molecule has 1 aromatic carbocycles. The number of benzene rings is 1. The second-order valence-electron chi connectivity index (χ2n) is 6.93. The number of carbonyl (C=O) groups excluding carboxylic acids is 2. The van der Waals surface area contributed by atoms with Crippen molar-refractivity contribution in [3.05, 3.63) is 46.2 Å². The number of nitrogens with zero attached hydrogens (tertiary/aromatic N) is 1. The van der Waals surface area contributed by atoms with E-state index in [-0.39, 0.29) is 11.8 Å². The zero-order chi connectivity index (χ0) is 18.1. The lowest BCUT2D eigenvalue weighted by molar-refractivity contribution is -0.138. The van der Waals surface area contributed by atoms with Gasteiger partial charge in [-0.3, -0.25) is 9.59 Å². The molecule has 0 spiro atoms. The lowest BCUT2D eigenvalue weighted by Crippen LogP contribution is -2.40. The van der Waals surface area contributed by atoms with E-state index in [4.69, 9.17) is 4.74 Å². The molecule has 1 aliphatic heterocycles. The van der Waals surface area contributed by atoms with E-state index in [2.05, 4.69) is 5.32 Å². The smallest absolute Gasteiger partial charge is 0.265 e. The Balaban J connectivity index is 1.57. The maximum absolute atomic E-state index is 12.8. The molecular weight excluding hydrogens is 348 g/mol. The van der Waals surface area contributed by atoms with Crippen LogP contribution in [0.5, 0.6) is 5.75 Å². The van der Waals surface area contributed by atoms with Crippen molar-refractivity contribution < 1.29 is 14.3 Å². The first-order valence-corrected chi connectivity index (χ1v) is 9.95. The van der Waals surface area contributed by atoms with Crippen LogP contribution >= 0.6 is 11.3 Å². The molecule has 0 radical (unpaired) electrons. The Morgan fingerprint density at radius 2 is 2.19 bits per heavy atom. The van der Waals surface area contributed by atoms with Crippen LogP contribution in [-0.2, 0) is 11.3 Å². The largest absolute Gasteiger partial charge is 0.480 e. The van der Waals surface area contributed by atoms with Gasteiger partial charge >= 0.3 is 0 Å². The zero-order valence-electron chi connectivity index (χ0n) is 14.7. The summed E-state index contributed by atoms with van der Waals surface area (Å²) in [6.07, 6.45) is 2.62. The van der Waals surface area contributed by atoms with Gasteiger partial charge in [0.15, 0.2) is 6.10 Å². The number of amides is 2. The average Bonchev–Trinajstić information content (AvgIpc) is 3.31. The molecule has 2 amide bonds. The third-order valence-corrected chi connectivity index (χ3v) is 5.70. The van der Waals surface area contributed by atoms with E-state index in [1.165, 1.54) is 24.2 Å². The van der Waals surface area contributed by atoms with Crippen LogP contribution in [0.1, 0.15) is 41.4 Å². The van der Waals surface area contributed by atoms with Crippen LogP contribution < -0.4 is 10.1 Å². The monoisotopic (exact) mass is 370 g/mol. The second kappa shape index (κ2) is 7.11. The predicted molar refractivity (Wildman–Crippen MR) is 102 cm³/mol. The number of nitrogens with one attached hydrogen (secondary N) is 1. The second-order valence-corrected chi connectivity index (χ2v) is 7.88. The number of rotatable bonds is 5. The molecule has 2 aliphatic rings. The van der Waals surface area contributed by atoms with E-state index < -0.39 is 6.10 Å². The van der Waals surface area contributed by atoms with Crippen LogP contribution in [0.4, 0.5) is 5.69 Å². The summed E-state index contributed by atoms with van der Waals surface area (Å²) in [4.78, 5) is 27.6. The van der Waals surface area contributed by atoms with Crippen molar-refractivity contribution in [1.82, 2.24) is 4.90 Å². The highest BCUT2D eigenvalue weighted by atomic mass is 32.1. The molecule has 2 aromatic rings. The SMILES string of the molecule is CC[C@H]1Oc2ccc(NC(=O)c3cccs3)cc2CN(CC2CC2)C1=O. The molecule has 0 saturated heterocycles. The van der Waals surface area contributed by atoms with E-state index in [0.29, 0.717) is 23.8 Å². The molecule has 2 heterocycles. The minimum absolute atomic E-state index is 0.0692. The van der Waals surface area contributed by atoms with Crippen molar-refractivity contribution in [2.75, 3.05) is 11.9 Å². The van der Waals surface area contributed by atoms with Crippen LogP contribution in [-0.4, -0.2) is 29.4 Å². The number of thiophene rings is 1. The fraction of sp³-hybridized carbons (Fsp3) is 0.400. The number of hydrogen-bond donors (Lipinski definition) is 1. The Kier molecular flexibility index (Phi) is 4.68. The molecule has 136 valence electrons. The first-order chi connectivity index (χ1) is 12.6. The maximum Gasteiger partial charge on any atom is 0.265 e. The highest BCUT2D eigenvalue weighted by Gasteiger charge is 2.33. The van der Waals surface area contributed by atoms with Crippen LogP contribution in [0.25, 0.3) is 0 Å². The van der Waals surface area contributed by atoms with Gasteiger partial charge in [0.05, 0.1) is 4.88 Å². The predicted octanol–water partition coefficient (Wildman–Crippen LogP) is 3.91. The van der Waals surface area contributed by atoms with Crippen LogP contribution in [0, 0.1) is 5.92 Å². The summed E-state index contributed by atoms with van der Waals surface area (Å²) in [5.41, 5.74) is 1.67. The highest BCUT2D eigenvalue weighted by Crippen LogP contribution is 2.34. The number of fused-ring (bicyclic) bond motifs is 1. The number of anilines is 1. The normalized spacial score (nSPS) is 19.5. The van der Waals surface area contributed by atoms with Crippen LogP contribution in [0.3, 0.4) is 0 Å². The van der Waals surface area contributed by atoms with Gasteiger partial charge in [-0.1, -0.05) is 13.0 Å². The van der Waals surface area contributed by atoms with Gasteiger partial charge in [-0.25, -0.2) is 0 Å². The topological polar surface area (TPSA) is 58.6 Å². The standard InChI is InChI=1S/C20H22N2O3S/c1-2-16-20(24)22(11-13-5-6-13)12-14-10-15(7-8-17(14)25-16)21-19(23)18-4-3-9-26-18/h3-4,7-10,13,16H,2,5-6,11-12H2,1H3,(H,21,23)/t16-/m1/s1. The van der Waals surface area contributed by atoms with Gasteiger partial charge in [-0.2, -0.15) is 0 Å². The zero-order valence-corrected chi connectivity index (χ0v) is 15.6. The molecule has 1 atom stereocenters. The molecule has 5 nitrogen and oxygen atoms in total. The van der Waals surface area contributed by atoms with E-state index >= 15 is 0 Å². The van der Waals surface area contributed by atoms with Crippen molar-refractivity contribution in [2.45, 2.75) is 38.8 Å². The van der Waals surface area contributed by atoms with Crippen molar-refractivity contribution in [3.63, 3.8) is 0 Å². The van der Waals surface area contributed by atoms with Crippen LogP contribution in [0.15, 0.2) is 35.7 Å². The number of carbonyl (C=O) groups is 2. The van der Waals surface area contributed by atoms with Gasteiger partial charge in [-0.05, 0) is 54.8 Å². The van der Waals surface area contributed by atoms with Gasteiger partial charge in [0, 0.05) is 24.3 Å². The van der Waals surface area contributed by atoms with Gasteiger partial charge in [0.1, 0.15) is 5.75 Å². The minimum Gasteiger partial charge on any atom is -0.480 e. The summed E-state index contributed by atoms with van der Waals surface area (Å²) in [5, 5.41) is 4.81. The number of hydrogen-bond acceptors (Lipinski definition) is 4. The summed E-state index contributed by atoms with van der Waals surface area (Å²) in [6.45, 7) is 3.30. The molecule has 1 aliphatic carbocycles. The van der Waals surface area contributed by atoms with E-state index in [1.54, 1.807) is 6.07 Å². The van der Waals surface area contributed by atoms with Crippen molar-refractivity contribution >= 4 is 28.8 Å². The van der Waals surface area contributed by atoms with Crippen molar-refractivity contribution in [1.29, 1.82) is 0 Å². The third kappa shape index (κ3) is 3.60. The number of ether oxygens (including phenoxy) is 1. The van der Waals surface area contributed by atoms with Crippen LogP contribution in [0.2, 0.25) is 0 Å². The minimum atomic E-state index is -0.429. The molecule has 1 saturated carbocycles. The summed E-state index contributed by atoms with van der Waals surface area (Å²) in [6, 6.07) is 9.27. The maximum atomic E-state index is 12.8. The molecule has 0 bridgehead atoms. The lowest BCUT2D eigenvalue weighted by atomic mass is 10.1. The average molecular weight is 370 g/mol. The fourth-order valence-electron chi connectivity index (χ4n) is 3.21. The van der Waals surface area contributed by atoms with Gasteiger partial charge in [0.2, 0.25) is 0 Å². The lowest BCUT2D eigenvalue weighted by Gasteiger charge is -2.23. The highest BCUT2D eigenvalue weighted by molar-refractivity contribution is 7.12. The summed E-state index contributed by atoms with van der Waals surface area (Å²) >= 11 is 1.41. The van der Waals surface area contributed by atoms with Crippen molar-refractivity contribution in [2.24, 2.45) is 5.92 Å². The quantitative estimate of drug-likeness (QED) is 0.868. The summed E-state index contributed by atoms with van der Waals surface area (Å²) < 4.78 is 5.98. The van der Waals surface area contributed by atoms with Gasteiger partial charge < -0.3 is 15.0 Å². The molecule has 1 fully saturated rings. The van der Waals surface area contributed by atoms with E-state index in [9.17, 15) is 9.59 Å². The molecule has 26 heavy (non-hydrogen) atoms. The summed E-state index contributed by atoms with van der Waals surface area (Å²) in [7, 11) is 0. The molecular formula is C20H22N2O3S. The molecule has 6 heteroatoms. The Morgan fingerprint density at radius 3 is 2.88 bits per heavy atom. The van der Waals surface area contributed by atoms with E-state index in [0.717, 1.165) is 23.5 Å². The summed E-state index contributed by atoms with van der Waals surface area (Å²) in [5.74, 6) is 1.31. The Labute approximate surface area is 157 Å². The molecule has 1 aromatic heterocycles.